The van der Waals surface area contributed by atoms with Crippen LogP contribution in [0.15, 0.2) is 18.2 Å². The number of carbonyl (C=O) groups is 1. The fourth-order valence-electron chi connectivity index (χ4n) is 1.37. The van der Waals surface area contributed by atoms with Crippen LogP contribution in [0.4, 0.5) is 21.0 Å². The van der Waals surface area contributed by atoms with Crippen molar-refractivity contribution in [3.63, 3.8) is 0 Å². The lowest BCUT2D eigenvalue weighted by atomic mass is 10.3. The molecule has 100 valence electrons. The second-order valence-corrected chi connectivity index (χ2v) is 5.72. The fourth-order valence-corrected chi connectivity index (χ4v) is 2.72. The van der Waals surface area contributed by atoms with Gasteiger partial charge in [-0.3, -0.25) is 4.79 Å². The maximum absolute atomic E-state index is 13.0. The summed E-state index contributed by atoms with van der Waals surface area (Å²) in [5.41, 5.74) is 6.20. The van der Waals surface area contributed by atoms with E-state index in [0.29, 0.717) is 19.3 Å². The van der Waals surface area contributed by atoms with E-state index in [4.69, 9.17) is 5.73 Å². The number of nitrogens with zero attached hydrogens (tertiary/aromatic N) is 1. The second kappa shape index (κ2) is 5.70. The fraction of sp³-hybridized carbons (Fsp3) is 0.0909. The van der Waals surface area contributed by atoms with Crippen molar-refractivity contribution in [1.82, 2.24) is 4.98 Å². The molecule has 2 aromatic rings. The molecule has 19 heavy (non-hydrogen) atoms. The van der Waals surface area contributed by atoms with Crippen molar-refractivity contribution in [3.05, 3.63) is 32.5 Å². The number of nitrogens with one attached hydrogen (secondary N) is 2. The van der Waals surface area contributed by atoms with Crippen molar-refractivity contribution >= 4 is 56.5 Å². The van der Waals surface area contributed by atoms with E-state index < -0.39 is 0 Å². The maximum Gasteiger partial charge on any atom is 0.269 e. The van der Waals surface area contributed by atoms with Crippen LogP contribution in [0.2, 0.25) is 0 Å². The lowest BCUT2D eigenvalue weighted by Gasteiger charge is -2.06. The summed E-state index contributed by atoms with van der Waals surface area (Å²) in [4.78, 5) is 16.4. The Bertz CT molecular complexity index is 631. The first-order chi connectivity index (χ1) is 9.01. The molecule has 5 nitrogen and oxygen atoms in total. The molecule has 0 saturated carbocycles. The van der Waals surface area contributed by atoms with Gasteiger partial charge in [0.15, 0.2) is 5.13 Å². The summed E-state index contributed by atoms with van der Waals surface area (Å²) < 4.78 is 13.6. The van der Waals surface area contributed by atoms with Crippen molar-refractivity contribution < 1.29 is 9.18 Å². The standard InChI is InChI=1S/C11H10FIN4OS/c1-15-11-17-9(14)8(19-11)10(18)16-7-3-2-5(12)4-6(7)13/h2-4H,14H2,1H3,(H,15,17)(H,16,18). The smallest absolute Gasteiger partial charge is 0.269 e. The lowest BCUT2D eigenvalue weighted by Crippen LogP contribution is -2.13. The Morgan fingerprint density at radius 1 is 1.53 bits per heavy atom. The summed E-state index contributed by atoms with van der Waals surface area (Å²) in [6, 6.07) is 4.13. The predicted molar refractivity (Wildman–Crippen MR) is 83.1 cm³/mol. The average molecular weight is 392 g/mol. The zero-order chi connectivity index (χ0) is 14.0. The van der Waals surface area contributed by atoms with Gasteiger partial charge in [-0.2, -0.15) is 0 Å². The Balaban J connectivity index is 2.23. The second-order valence-electron chi connectivity index (χ2n) is 3.56. The van der Waals surface area contributed by atoms with Crippen LogP contribution < -0.4 is 16.4 Å². The van der Waals surface area contributed by atoms with Gasteiger partial charge >= 0.3 is 0 Å². The molecule has 1 heterocycles. The molecule has 1 amide bonds. The molecule has 2 rings (SSSR count). The molecule has 0 unspecified atom stereocenters. The topological polar surface area (TPSA) is 80.0 Å². The van der Waals surface area contributed by atoms with Crippen LogP contribution in [-0.2, 0) is 0 Å². The van der Waals surface area contributed by atoms with Crippen molar-refractivity contribution in [2.45, 2.75) is 0 Å². The maximum atomic E-state index is 13.0. The molecule has 0 radical (unpaired) electrons. The van der Waals surface area contributed by atoms with Gasteiger partial charge in [0, 0.05) is 10.6 Å². The zero-order valence-electron chi connectivity index (χ0n) is 9.83. The van der Waals surface area contributed by atoms with Crippen molar-refractivity contribution in [3.8, 4) is 0 Å². The molecular weight excluding hydrogens is 382 g/mol. The van der Waals surface area contributed by atoms with Gasteiger partial charge in [-0.15, -0.1) is 0 Å². The van der Waals surface area contributed by atoms with E-state index in [0.717, 1.165) is 11.3 Å². The number of nitrogens with two attached hydrogens (primary N) is 1. The van der Waals surface area contributed by atoms with E-state index in [1.54, 1.807) is 7.05 Å². The first kappa shape index (κ1) is 14.0. The minimum atomic E-state index is -0.360. The number of nitrogen functional groups attached to an aromatic ring is 1. The monoisotopic (exact) mass is 392 g/mol. The summed E-state index contributed by atoms with van der Waals surface area (Å²) in [6.07, 6.45) is 0. The molecule has 0 bridgehead atoms. The normalized spacial score (nSPS) is 10.3. The van der Waals surface area contributed by atoms with Crippen LogP contribution in [-0.4, -0.2) is 17.9 Å². The molecule has 1 aromatic carbocycles. The quantitative estimate of drug-likeness (QED) is 0.702. The van der Waals surface area contributed by atoms with Gasteiger partial charge in [-0.1, -0.05) is 11.3 Å². The highest BCUT2D eigenvalue weighted by atomic mass is 127. The Kier molecular flexibility index (Phi) is 4.20. The van der Waals surface area contributed by atoms with Crippen molar-refractivity contribution in [2.24, 2.45) is 0 Å². The Labute approximate surface area is 126 Å². The number of carbonyl (C=O) groups excluding carboxylic acids is 1. The number of anilines is 3. The van der Waals surface area contributed by atoms with Crippen LogP contribution in [0.3, 0.4) is 0 Å². The van der Waals surface area contributed by atoms with Crippen LogP contribution in [0.5, 0.6) is 0 Å². The molecule has 0 aliphatic rings. The summed E-state index contributed by atoms with van der Waals surface area (Å²) >= 11 is 3.11. The van der Waals surface area contributed by atoms with E-state index in [2.05, 4.69) is 15.6 Å². The molecule has 0 aliphatic heterocycles. The van der Waals surface area contributed by atoms with Crippen LogP contribution in [0.25, 0.3) is 0 Å². The van der Waals surface area contributed by atoms with Crippen LogP contribution in [0, 0.1) is 9.39 Å². The van der Waals surface area contributed by atoms with Crippen LogP contribution >= 0.6 is 33.9 Å². The van der Waals surface area contributed by atoms with Gasteiger partial charge in [0.25, 0.3) is 5.91 Å². The predicted octanol–water partition coefficient (Wildman–Crippen LogP) is 2.76. The Morgan fingerprint density at radius 2 is 2.26 bits per heavy atom. The molecule has 0 fully saturated rings. The minimum absolute atomic E-state index is 0.170. The van der Waals surface area contributed by atoms with E-state index in [-0.39, 0.29) is 17.5 Å². The minimum Gasteiger partial charge on any atom is -0.382 e. The molecule has 0 atom stereocenters. The Hall–Kier alpha value is -1.42. The highest BCUT2D eigenvalue weighted by molar-refractivity contribution is 14.1. The number of halogens is 2. The third-order valence-corrected chi connectivity index (χ3v) is 4.23. The van der Waals surface area contributed by atoms with Crippen LogP contribution in [0.1, 0.15) is 9.67 Å². The Morgan fingerprint density at radius 3 is 2.84 bits per heavy atom. The van der Waals surface area contributed by atoms with E-state index in [9.17, 15) is 9.18 Å². The van der Waals surface area contributed by atoms with Gasteiger partial charge in [0.05, 0.1) is 5.69 Å². The number of hydrogen-bond acceptors (Lipinski definition) is 5. The third kappa shape index (κ3) is 3.13. The average Bonchev–Trinajstić information content (AvgIpc) is 2.74. The molecule has 8 heteroatoms. The number of benzene rings is 1. The summed E-state index contributed by atoms with van der Waals surface area (Å²) in [5, 5.41) is 6.07. The summed E-state index contributed by atoms with van der Waals surface area (Å²) in [5.74, 6) is -0.540. The van der Waals surface area contributed by atoms with E-state index in [1.165, 1.54) is 18.2 Å². The van der Waals surface area contributed by atoms with E-state index >= 15 is 0 Å². The first-order valence-corrected chi connectivity index (χ1v) is 7.11. The SMILES string of the molecule is CNc1nc(N)c(C(=O)Nc2ccc(F)cc2I)s1. The number of amides is 1. The molecule has 1 aromatic heterocycles. The largest absolute Gasteiger partial charge is 0.382 e. The lowest BCUT2D eigenvalue weighted by molar-refractivity contribution is 0.103. The third-order valence-electron chi connectivity index (χ3n) is 2.25. The zero-order valence-corrected chi connectivity index (χ0v) is 12.8. The van der Waals surface area contributed by atoms with Gasteiger partial charge in [-0.25, -0.2) is 9.37 Å². The van der Waals surface area contributed by atoms with Crippen molar-refractivity contribution in [2.75, 3.05) is 23.4 Å². The molecule has 0 spiro atoms. The number of hydrogen-bond donors (Lipinski definition) is 3. The number of rotatable bonds is 3. The van der Waals surface area contributed by atoms with Gasteiger partial charge < -0.3 is 16.4 Å². The molecule has 0 aliphatic carbocycles. The first-order valence-electron chi connectivity index (χ1n) is 5.21. The summed E-state index contributed by atoms with van der Waals surface area (Å²) in [6.45, 7) is 0. The summed E-state index contributed by atoms with van der Waals surface area (Å²) in [7, 11) is 1.70. The van der Waals surface area contributed by atoms with Crippen molar-refractivity contribution in [1.29, 1.82) is 0 Å². The van der Waals surface area contributed by atoms with E-state index in [1.807, 2.05) is 22.6 Å². The molecular formula is C11H10FIN4OS. The van der Waals surface area contributed by atoms with Gasteiger partial charge in [-0.05, 0) is 40.8 Å². The molecule has 0 saturated heterocycles. The van der Waals surface area contributed by atoms with Gasteiger partial charge in [0.1, 0.15) is 16.5 Å². The number of thiazole rings is 1. The highest BCUT2D eigenvalue weighted by Gasteiger charge is 2.16. The highest BCUT2D eigenvalue weighted by Crippen LogP contribution is 2.26. The van der Waals surface area contributed by atoms with Gasteiger partial charge in [0.2, 0.25) is 0 Å². The number of aromatic nitrogens is 1. The molecule has 4 N–H and O–H groups in total.